The van der Waals surface area contributed by atoms with Crippen molar-refractivity contribution >= 4 is 5.91 Å². The summed E-state index contributed by atoms with van der Waals surface area (Å²) in [6, 6.07) is 16.1. The smallest absolute Gasteiger partial charge is 0.289 e. The largest absolute Gasteiger partial charge is 0.496 e. The number of hydrogen-bond donors (Lipinski definition) is 1. The first-order valence-corrected chi connectivity index (χ1v) is 9.82. The van der Waals surface area contributed by atoms with E-state index in [-0.39, 0.29) is 18.2 Å². The summed E-state index contributed by atoms with van der Waals surface area (Å²) < 4.78 is 22.0. The Morgan fingerprint density at radius 1 is 1.00 bits per heavy atom. The molecule has 164 valence electrons. The summed E-state index contributed by atoms with van der Waals surface area (Å²) in [5.74, 6) is 2.29. The fraction of sp³-hybridized carbons (Fsp3) is 0.292. The molecule has 0 aliphatic rings. The van der Waals surface area contributed by atoms with E-state index < -0.39 is 6.10 Å². The van der Waals surface area contributed by atoms with Crippen LogP contribution in [0.2, 0.25) is 0 Å². The maximum Gasteiger partial charge on any atom is 0.289 e. The zero-order valence-electron chi connectivity index (χ0n) is 18.1. The molecule has 0 spiro atoms. The number of carbonyl (C=O) groups excluding carboxylic acids is 1. The molecular weight excluding hydrogens is 398 g/mol. The normalized spacial score (nSPS) is 11.6. The van der Waals surface area contributed by atoms with E-state index in [4.69, 9.17) is 18.6 Å². The van der Waals surface area contributed by atoms with Crippen LogP contribution in [0.25, 0.3) is 0 Å². The topological polar surface area (TPSA) is 81.4 Å². The number of aliphatic hydroxyl groups excluding tert-OH is 1. The second-order valence-corrected chi connectivity index (χ2v) is 7.07. The van der Waals surface area contributed by atoms with Crippen LogP contribution >= 0.6 is 0 Å². The molecule has 0 aliphatic carbocycles. The Bertz CT molecular complexity index is 989. The van der Waals surface area contributed by atoms with E-state index in [1.54, 1.807) is 52.6 Å². The predicted molar refractivity (Wildman–Crippen MR) is 116 cm³/mol. The van der Waals surface area contributed by atoms with Gasteiger partial charge in [0.25, 0.3) is 5.91 Å². The van der Waals surface area contributed by atoms with Crippen LogP contribution in [0.4, 0.5) is 0 Å². The lowest BCUT2D eigenvalue weighted by Gasteiger charge is -2.20. The number of methoxy groups -OCH3 is 3. The molecule has 31 heavy (non-hydrogen) atoms. The highest BCUT2D eigenvalue weighted by atomic mass is 16.5. The van der Waals surface area contributed by atoms with Crippen molar-refractivity contribution in [1.29, 1.82) is 0 Å². The summed E-state index contributed by atoms with van der Waals surface area (Å²) in [7, 11) is 6.35. The summed E-state index contributed by atoms with van der Waals surface area (Å²) in [5.41, 5.74) is 1.54. The molecule has 1 unspecified atom stereocenters. The van der Waals surface area contributed by atoms with Gasteiger partial charge in [0.2, 0.25) is 0 Å². The van der Waals surface area contributed by atoms with Crippen molar-refractivity contribution in [3.63, 3.8) is 0 Å². The van der Waals surface area contributed by atoms with Crippen LogP contribution in [0.5, 0.6) is 17.2 Å². The average molecular weight is 425 g/mol. The van der Waals surface area contributed by atoms with Crippen molar-refractivity contribution in [3.05, 3.63) is 77.2 Å². The van der Waals surface area contributed by atoms with Gasteiger partial charge in [-0.1, -0.05) is 30.3 Å². The third-order valence-corrected chi connectivity index (χ3v) is 5.02. The number of likely N-dealkylation sites (N-methyl/N-ethyl adjacent to an activating group) is 1. The molecule has 2 aromatic carbocycles. The molecule has 0 bridgehead atoms. The van der Waals surface area contributed by atoms with Crippen LogP contribution in [-0.4, -0.2) is 50.8 Å². The van der Waals surface area contributed by atoms with Gasteiger partial charge in [-0.25, -0.2) is 0 Å². The number of furan rings is 1. The standard InChI is InChI=1S/C24H27NO6/c1-25(15-20(26)16-8-6-5-7-9-16)24(27)21-11-10-17(31-21)12-19-22(29-3)13-18(28-2)14-23(19)30-4/h5-11,13-14,20,26H,12,15H2,1-4H3. The Balaban J connectivity index is 1.73. The molecule has 0 fully saturated rings. The van der Waals surface area contributed by atoms with Crippen molar-refractivity contribution < 1.29 is 28.5 Å². The predicted octanol–water partition coefficient (Wildman–Crippen LogP) is 3.70. The number of benzene rings is 2. The number of carbonyl (C=O) groups is 1. The molecule has 0 saturated carbocycles. The third kappa shape index (κ3) is 5.19. The van der Waals surface area contributed by atoms with Crippen LogP contribution in [0, 0.1) is 0 Å². The van der Waals surface area contributed by atoms with Crippen LogP contribution < -0.4 is 14.2 Å². The SMILES string of the molecule is COc1cc(OC)c(Cc2ccc(C(=O)N(C)CC(O)c3ccccc3)o2)c(OC)c1. The Labute approximate surface area is 181 Å². The van der Waals surface area contributed by atoms with Gasteiger partial charge < -0.3 is 28.6 Å². The number of nitrogens with zero attached hydrogens (tertiary/aromatic N) is 1. The maximum absolute atomic E-state index is 12.8. The molecule has 3 aromatic rings. The van der Waals surface area contributed by atoms with E-state index >= 15 is 0 Å². The zero-order valence-corrected chi connectivity index (χ0v) is 18.1. The lowest BCUT2D eigenvalue weighted by molar-refractivity contribution is 0.0650. The summed E-state index contributed by atoms with van der Waals surface area (Å²) >= 11 is 0. The minimum Gasteiger partial charge on any atom is -0.496 e. The van der Waals surface area contributed by atoms with Crippen LogP contribution in [-0.2, 0) is 6.42 Å². The van der Waals surface area contributed by atoms with E-state index in [1.807, 2.05) is 30.3 Å². The first kappa shape index (κ1) is 22.2. The second kappa shape index (κ2) is 10.0. The quantitative estimate of drug-likeness (QED) is 0.563. The maximum atomic E-state index is 12.8. The van der Waals surface area contributed by atoms with Crippen LogP contribution in [0.3, 0.4) is 0 Å². The molecule has 1 aromatic heterocycles. The minimum absolute atomic E-state index is 0.152. The summed E-state index contributed by atoms with van der Waals surface area (Å²) in [6.45, 7) is 0.152. The van der Waals surface area contributed by atoms with E-state index in [0.29, 0.717) is 29.4 Å². The minimum atomic E-state index is -0.780. The van der Waals surface area contributed by atoms with Crippen molar-refractivity contribution in [2.75, 3.05) is 34.9 Å². The molecule has 0 radical (unpaired) electrons. The van der Waals surface area contributed by atoms with E-state index in [9.17, 15) is 9.90 Å². The van der Waals surface area contributed by atoms with E-state index in [2.05, 4.69) is 0 Å². The number of aliphatic hydroxyl groups is 1. The zero-order chi connectivity index (χ0) is 22.4. The van der Waals surface area contributed by atoms with E-state index in [1.165, 1.54) is 4.90 Å². The van der Waals surface area contributed by atoms with Crippen LogP contribution in [0.1, 0.15) is 33.5 Å². The highest BCUT2D eigenvalue weighted by Gasteiger charge is 2.21. The highest BCUT2D eigenvalue weighted by Crippen LogP contribution is 2.36. The number of ether oxygens (including phenoxy) is 3. The Kier molecular flexibility index (Phi) is 7.20. The number of amides is 1. The highest BCUT2D eigenvalue weighted by molar-refractivity contribution is 5.91. The van der Waals surface area contributed by atoms with Crippen molar-refractivity contribution in [2.45, 2.75) is 12.5 Å². The Morgan fingerprint density at radius 3 is 2.23 bits per heavy atom. The Morgan fingerprint density at radius 2 is 1.65 bits per heavy atom. The summed E-state index contributed by atoms with van der Waals surface area (Å²) in [6.07, 6.45) is -0.405. The van der Waals surface area contributed by atoms with Gasteiger partial charge >= 0.3 is 0 Å². The first-order chi connectivity index (χ1) is 15.0. The van der Waals surface area contributed by atoms with Gasteiger partial charge in [0.15, 0.2) is 5.76 Å². The summed E-state index contributed by atoms with van der Waals surface area (Å²) in [5, 5.41) is 10.4. The van der Waals surface area contributed by atoms with Crippen molar-refractivity contribution in [2.24, 2.45) is 0 Å². The van der Waals surface area contributed by atoms with Gasteiger partial charge in [-0.3, -0.25) is 4.79 Å². The van der Waals surface area contributed by atoms with Gasteiger partial charge in [0.1, 0.15) is 23.0 Å². The van der Waals surface area contributed by atoms with Gasteiger partial charge in [0.05, 0.1) is 34.0 Å². The molecular formula is C24H27NO6. The lowest BCUT2D eigenvalue weighted by atomic mass is 10.1. The molecule has 0 saturated heterocycles. The van der Waals surface area contributed by atoms with E-state index in [0.717, 1.165) is 11.1 Å². The van der Waals surface area contributed by atoms with Gasteiger partial charge in [-0.15, -0.1) is 0 Å². The second-order valence-electron chi connectivity index (χ2n) is 7.07. The monoisotopic (exact) mass is 425 g/mol. The summed E-state index contributed by atoms with van der Waals surface area (Å²) in [4.78, 5) is 14.2. The molecule has 1 heterocycles. The molecule has 1 atom stereocenters. The van der Waals surface area contributed by atoms with Crippen LogP contribution in [0.15, 0.2) is 59.0 Å². The molecule has 1 amide bonds. The Hall–Kier alpha value is -3.45. The lowest BCUT2D eigenvalue weighted by Crippen LogP contribution is -2.30. The number of hydrogen-bond acceptors (Lipinski definition) is 6. The number of rotatable bonds is 9. The fourth-order valence-electron chi connectivity index (χ4n) is 3.33. The van der Waals surface area contributed by atoms with Crippen molar-refractivity contribution in [3.8, 4) is 17.2 Å². The molecule has 3 rings (SSSR count). The molecule has 1 N–H and O–H groups in total. The van der Waals surface area contributed by atoms with Crippen molar-refractivity contribution in [1.82, 2.24) is 4.90 Å². The van der Waals surface area contributed by atoms with Gasteiger partial charge in [-0.05, 0) is 17.7 Å². The fourth-order valence-corrected chi connectivity index (χ4v) is 3.33. The molecule has 0 aliphatic heterocycles. The molecule has 7 nitrogen and oxygen atoms in total. The average Bonchev–Trinajstić information content (AvgIpc) is 3.27. The first-order valence-electron chi connectivity index (χ1n) is 9.82. The third-order valence-electron chi connectivity index (χ3n) is 5.02. The van der Waals surface area contributed by atoms with Gasteiger partial charge in [-0.2, -0.15) is 0 Å². The van der Waals surface area contributed by atoms with Gasteiger partial charge in [0, 0.05) is 31.2 Å². The molecule has 7 heteroatoms.